The zero-order valence-electron chi connectivity index (χ0n) is 40.9. The largest absolute Gasteiger partial charge is 0.473 e. The molecule has 0 aliphatic rings. The Hall–Kier alpha value is -2.65. The minimum absolute atomic E-state index is 0.833. The Morgan fingerprint density at radius 2 is 0.463 bits per heavy atom. The minimum Gasteiger partial charge on any atom is -0.473 e. The van der Waals surface area contributed by atoms with Crippen molar-refractivity contribution in [1.29, 1.82) is 0 Å². The van der Waals surface area contributed by atoms with Gasteiger partial charge in [0.1, 0.15) is 0 Å². The molecule has 0 spiro atoms. The van der Waals surface area contributed by atoms with E-state index in [-0.39, 0.29) is 0 Å². The number of nitrogens with zero attached hydrogens (tertiary/aromatic N) is 1. The van der Waals surface area contributed by atoms with Crippen molar-refractivity contribution in [1.82, 2.24) is 4.98 Å². The highest BCUT2D eigenvalue weighted by Crippen LogP contribution is 1.91. The van der Waals surface area contributed by atoms with Gasteiger partial charge in [0.05, 0.1) is 12.5 Å². The zero-order valence-corrected chi connectivity index (χ0v) is 41.7. The van der Waals surface area contributed by atoms with Crippen LogP contribution in [0.1, 0.15) is 166 Å². The molecule has 4 aromatic rings. The minimum atomic E-state index is 0.833. The second-order valence-corrected chi connectivity index (χ2v) is 18.4. The monoisotopic (exact) mass is 774 g/mol. The van der Waals surface area contributed by atoms with E-state index in [9.17, 15) is 0 Å². The molecule has 3 aromatic heterocycles. The molecule has 0 N–H and O–H groups in total. The molecular weight excluding hydrogens is 675 g/mol. The average molecular weight is 774 g/mol. The predicted octanol–water partition coefficient (Wildman–Crippen LogP) is 19.1. The van der Waals surface area contributed by atoms with E-state index in [1.165, 1.54) is 0 Å². The Morgan fingerprint density at radius 3 is 0.537 bits per heavy atom. The molecule has 2 nitrogen and oxygen atoms in total. The summed E-state index contributed by atoms with van der Waals surface area (Å²) >= 11 is 1.71. The first kappa shape index (κ1) is 69.3. The quantitative estimate of drug-likeness (QED) is 0.178. The number of benzene rings is 1. The van der Waals surface area contributed by atoms with Gasteiger partial charge in [-0.2, -0.15) is 11.3 Å². The maximum atomic E-state index is 4.58. The normalized spacial score (nSPS) is 8.59. The van der Waals surface area contributed by atoms with Crippen molar-refractivity contribution in [2.24, 2.45) is 47.3 Å². The number of thiophene rings is 1. The molecule has 320 valence electrons. The molecular formula is C51H99NOS. The third-order valence-electron chi connectivity index (χ3n) is 2.08. The van der Waals surface area contributed by atoms with Crippen LogP contribution in [-0.2, 0) is 0 Å². The number of hydrogen-bond acceptors (Lipinski definition) is 3. The Balaban J connectivity index is -0.0000000716. The van der Waals surface area contributed by atoms with Crippen LogP contribution in [0, 0.1) is 47.3 Å². The van der Waals surface area contributed by atoms with Crippen LogP contribution < -0.4 is 0 Å². The maximum Gasteiger partial charge on any atom is 0.0902 e. The fourth-order valence-electron chi connectivity index (χ4n) is 1.15. The van der Waals surface area contributed by atoms with Crippen molar-refractivity contribution in [3.8, 4) is 0 Å². The van der Waals surface area contributed by atoms with Crippen molar-refractivity contribution in [2.75, 3.05) is 0 Å². The number of rotatable bonds is 0. The molecule has 0 atom stereocenters. The summed E-state index contributed by atoms with van der Waals surface area (Å²) in [6.07, 6.45) is 6.75. The summed E-state index contributed by atoms with van der Waals surface area (Å²) in [6.45, 7) is 52.0. The molecule has 0 aliphatic carbocycles. The zero-order chi connectivity index (χ0) is 44.2. The van der Waals surface area contributed by atoms with E-state index in [0.717, 1.165) is 47.3 Å². The lowest BCUT2D eigenvalue weighted by Crippen LogP contribution is -1.66. The van der Waals surface area contributed by atoms with Gasteiger partial charge in [0, 0.05) is 12.4 Å². The molecule has 0 fully saturated rings. The average Bonchev–Trinajstić information content (AvgIpc) is 3.78. The second-order valence-electron chi connectivity index (χ2n) is 17.6. The van der Waals surface area contributed by atoms with E-state index >= 15 is 0 Å². The highest BCUT2D eigenvalue weighted by atomic mass is 32.1. The summed E-state index contributed by atoms with van der Waals surface area (Å²) < 4.78 is 4.58. The number of furan rings is 1. The first-order chi connectivity index (χ1) is 24.9. The van der Waals surface area contributed by atoms with E-state index in [0.29, 0.717) is 0 Å². The summed E-state index contributed by atoms with van der Waals surface area (Å²) in [6, 6.07) is 25.4. The summed E-state index contributed by atoms with van der Waals surface area (Å²) in [5.74, 6) is 6.67. The van der Waals surface area contributed by atoms with E-state index in [4.69, 9.17) is 0 Å². The molecule has 0 bridgehead atoms. The standard InChI is InChI=1S/C6H6.C5H5N.C4H4O.C4H4S.8C4H10/c2*1-2-4-6-5-3-1;2*1-2-4-5-3-1;8*1-4(2)3/h1-6H;1-5H;2*1-4H;8*4H,1-3H3. The van der Waals surface area contributed by atoms with Gasteiger partial charge in [-0.3, -0.25) is 4.98 Å². The van der Waals surface area contributed by atoms with Crippen LogP contribution in [0.4, 0.5) is 0 Å². The molecule has 3 heterocycles. The van der Waals surface area contributed by atoms with Gasteiger partial charge in [0.2, 0.25) is 0 Å². The first-order valence-corrected chi connectivity index (χ1v) is 21.6. The maximum absolute atomic E-state index is 4.58. The van der Waals surface area contributed by atoms with Crippen molar-refractivity contribution in [3.63, 3.8) is 0 Å². The van der Waals surface area contributed by atoms with Crippen molar-refractivity contribution < 1.29 is 4.42 Å². The molecule has 54 heavy (non-hydrogen) atoms. The lowest BCUT2D eigenvalue weighted by Gasteiger charge is -1.79. The van der Waals surface area contributed by atoms with Crippen LogP contribution in [0.3, 0.4) is 0 Å². The van der Waals surface area contributed by atoms with Crippen molar-refractivity contribution in [3.05, 3.63) is 115 Å². The van der Waals surface area contributed by atoms with Crippen molar-refractivity contribution in [2.45, 2.75) is 166 Å². The second kappa shape index (κ2) is 65.3. The van der Waals surface area contributed by atoms with E-state index in [2.05, 4.69) is 176 Å². The van der Waals surface area contributed by atoms with Gasteiger partial charge >= 0.3 is 0 Å². The van der Waals surface area contributed by atoms with Gasteiger partial charge < -0.3 is 4.42 Å². The molecule has 0 aliphatic heterocycles. The van der Waals surface area contributed by atoms with Crippen LogP contribution in [0.2, 0.25) is 0 Å². The third-order valence-corrected chi connectivity index (χ3v) is 2.71. The van der Waals surface area contributed by atoms with E-state index in [1.54, 1.807) is 36.3 Å². The Morgan fingerprint density at radius 1 is 0.278 bits per heavy atom. The van der Waals surface area contributed by atoms with Gasteiger partial charge in [0.15, 0.2) is 0 Å². The number of aromatic nitrogens is 1. The molecule has 0 saturated carbocycles. The molecule has 0 amide bonds. The SMILES string of the molecule is CC(C)C.CC(C)C.CC(C)C.CC(C)C.CC(C)C.CC(C)C.CC(C)C.CC(C)C.c1ccccc1.c1ccncc1.c1ccoc1.c1ccsc1. The molecule has 0 saturated heterocycles. The number of hydrogen-bond donors (Lipinski definition) is 0. The Bertz CT molecular complexity index is 704. The molecule has 0 unspecified atom stereocenters. The fraction of sp³-hybridized carbons (Fsp3) is 0.627. The topological polar surface area (TPSA) is 26.0 Å². The van der Waals surface area contributed by atoms with Crippen LogP contribution in [0.5, 0.6) is 0 Å². The highest BCUT2D eigenvalue weighted by molar-refractivity contribution is 7.07. The molecule has 4 rings (SSSR count). The first-order valence-electron chi connectivity index (χ1n) is 20.6. The summed E-state index contributed by atoms with van der Waals surface area (Å²) in [5, 5.41) is 4.08. The van der Waals surface area contributed by atoms with Crippen LogP contribution in [-0.4, -0.2) is 4.98 Å². The lowest BCUT2D eigenvalue weighted by atomic mass is 10.3. The Labute approximate surface area is 347 Å². The molecule has 1 aromatic carbocycles. The van der Waals surface area contributed by atoms with Crippen LogP contribution >= 0.6 is 11.3 Å². The summed E-state index contributed by atoms with van der Waals surface area (Å²) in [4.78, 5) is 3.78. The highest BCUT2D eigenvalue weighted by Gasteiger charge is 1.71. The van der Waals surface area contributed by atoms with E-state index < -0.39 is 0 Å². The lowest BCUT2D eigenvalue weighted by molar-refractivity contribution is 0.567. The Kier molecular flexibility index (Phi) is 83.7. The fourth-order valence-corrected chi connectivity index (χ4v) is 1.60. The number of pyridine rings is 1. The van der Waals surface area contributed by atoms with Crippen LogP contribution in [0.15, 0.2) is 119 Å². The molecule has 0 radical (unpaired) electrons. The van der Waals surface area contributed by atoms with Gasteiger partial charge in [-0.05, 0) is 82.4 Å². The van der Waals surface area contributed by atoms with Crippen molar-refractivity contribution >= 4 is 11.3 Å². The van der Waals surface area contributed by atoms with Gasteiger partial charge in [-0.15, -0.1) is 0 Å². The molecule has 3 heteroatoms. The third kappa shape index (κ3) is 308. The van der Waals surface area contributed by atoms with Crippen LogP contribution in [0.25, 0.3) is 0 Å². The predicted molar refractivity (Wildman–Crippen MR) is 258 cm³/mol. The van der Waals surface area contributed by atoms with E-state index in [1.807, 2.05) is 89.6 Å². The summed E-state index contributed by atoms with van der Waals surface area (Å²) in [7, 11) is 0. The van der Waals surface area contributed by atoms with Gasteiger partial charge in [-0.25, -0.2) is 0 Å². The van der Waals surface area contributed by atoms with Gasteiger partial charge in [-0.1, -0.05) is 221 Å². The smallest absolute Gasteiger partial charge is 0.0902 e. The summed E-state index contributed by atoms with van der Waals surface area (Å²) in [5.41, 5.74) is 0. The van der Waals surface area contributed by atoms with Gasteiger partial charge in [0.25, 0.3) is 0 Å².